The summed E-state index contributed by atoms with van der Waals surface area (Å²) in [6.45, 7) is 1.82. The first-order valence-electron chi connectivity index (χ1n) is 3.28. The molecule has 1 rings (SSSR count). The number of rotatable bonds is 1. The molecule has 0 aromatic carbocycles. The summed E-state index contributed by atoms with van der Waals surface area (Å²) < 4.78 is 0. The van der Waals surface area contributed by atoms with E-state index < -0.39 is 18.2 Å². The van der Waals surface area contributed by atoms with Crippen molar-refractivity contribution < 1.29 is 15.0 Å². The fourth-order valence-corrected chi connectivity index (χ4v) is 1.11. The minimum atomic E-state index is -0.886. The van der Waals surface area contributed by atoms with E-state index in [0.717, 1.165) is 0 Å². The van der Waals surface area contributed by atoms with Crippen molar-refractivity contribution in [1.29, 1.82) is 0 Å². The van der Waals surface area contributed by atoms with Gasteiger partial charge in [-0.25, -0.2) is 0 Å². The van der Waals surface area contributed by atoms with Gasteiger partial charge in [-0.2, -0.15) is 0 Å². The smallest absolute Gasteiger partial charge is 0.320 e. The lowest BCUT2D eigenvalue weighted by Crippen LogP contribution is -2.35. The molecule has 0 amide bonds. The Morgan fingerprint density at radius 3 is 2.50 bits per heavy atom. The summed E-state index contributed by atoms with van der Waals surface area (Å²) in [5.41, 5.74) is 0. The van der Waals surface area contributed by atoms with Gasteiger partial charge in [0, 0.05) is 0 Å². The molecule has 4 nitrogen and oxygen atoms in total. The zero-order valence-corrected chi connectivity index (χ0v) is 5.74. The fourth-order valence-electron chi connectivity index (χ4n) is 1.11. The van der Waals surface area contributed by atoms with Crippen molar-refractivity contribution in [2.24, 2.45) is 5.92 Å². The predicted molar refractivity (Wildman–Crippen MR) is 34.3 cm³/mol. The number of carboxylic acids is 1. The Labute approximate surface area is 58.9 Å². The van der Waals surface area contributed by atoms with Crippen LogP contribution in [-0.4, -0.2) is 28.5 Å². The number of aliphatic hydroxyl groups excluding tert-OH is 1. The molecular formula is C6H11NO3. The van der Waals surface area contributed by atoms with Crippen molar-refractivity contribution in [3.05, 3.63) is 0 Å². The topological polar surface area (TPSA) is 69.6 Å². The molecule has 0 saturated carbocycles. The summed E-state index contributed by atoms with van der Waals surface area (Å²) in [7, 11) is 0. The molecule has 0 bridgehead atoms. The fraction of sp³-hybridized carbons (Fsp3) is 0.833. The minimum Gasteiger partial charge on any atom is -0.480 e. The second-order valence-electron chi connectivity index (χ2n) is 2.72. The summed E-state index contributed by atoms with van der Waals surface area (Å²) in [5, 5.41) is 20.1. The van der Waals surface area contributed by atoms with Crippen LogP contribution in [0.2, 0.25) is 0 Å². The molecule has 10 heavy (non-hydrogen) atoms. The Bertz CT molecular complexity index is 138. The Morgan fingerprint density at radius 2 is 2.30 bits per heavy atom. The molecule has 0 spiro atoms. The van der Waals surface area contributed by atoms with E-state index in [1.807, 2.05) is 6.92 Å². The van der Waals surface area contributed by atoms with Crippen LogP contribution in [0.1, 0.15) is 13.3 Å². The SMILES string of the molecule is C[C@@H]1CC(C(=O)O)NC1O. The van der Waals surface area contributed by atoms with Crippen LogP contribution in [0.4, 0.5) is 0 Å². The van der Waals surface area contributed by atoms with Crippen molar-refractivity contribution in [1.82, 2.24) is 5.32 Å². The van der Waals surface area contributed by atoms with Gasteiger partial charge in [0.25, 0.3) is 0 Å². The standard InChI is InChI=1S/C6H11NO3/c1-3-2-4(6(9)10)7-5(3)8/h3-5,7-8H,2H2,1H3,(H,9,10)/t3-,4?,5?/m1/s1. The Kier molecular flexibility index (Phi) is 1.92. The number of carboxylic acid groups (broad SMARTS) is 1. The summed E-state index contributed by atoms with van der Waals surface area (Å²) in [4.78, 5) is 10.3. The van der Waals surface area contributed by atoms with Crippen LogP contribution in [0.25, 0.3) is 0 Å². The zero-order valence-electron chi connectivity index (χ0n) is 5.74. The molecule has 1 heterocycles. The minimum absolute atomic E-state index is 0.0427. The van der Waals surface area contributed by atoms with Crippen LogP contribution in [-0.2, 0) is 4.79 Å². The first-order valence-corrected chi connectivity index (χ1v) is 3.28. The van der Waals surface area contributed by atoms with Crippen LogP contribution in [0, 0.1) is 5.92 Å². The Hall–Kier alpha value is -0.610. The highest BCUT2D eigenvalue weighted by molar-refractivity contribution is 5.73. The maximum Gasteiger partial charge on any atom is 0.320 e. The number of aliphatic hydroxyl groups is 1. The third-order valence-electron chi connectivity index (χ3n) is 1.82. The van der Waals surface area contributed by atoms with Gasteiger partial charge < -0.3 is 10.2 Å². The lowest BCUT2D eigenvalue weighted by Gasteiger charge is -2.05. The second kappa shape index (κ2) is 2.56. The molecule has 1 aliphatic rings. The normalized spacial score (nSPS) is 40.0. The van der Waals surface area contributed by atoms with Gasteiger partial charge in [-0.3, -0.25) is 10.1 Å². The maximum atomic E-state index is 10.3. The molecule has 1 saturated heterocycles. The van der Waals surface area contributed by atoms with Gasteiger partial charge in [0.2, 0.25) is 0 Å². The van der Waals surface area contributed by atoms with Gasteiger partial charge >= 0.3 is 5.97 Å². The van der Waals surface area contributed by atoms with E-state index in [2.05, 4.69) is 5.32 Å². The monoisotopic (exact) mass is 145 g/mol. The van der Waals surface area contributed by atoms with Crippen molar-refractivity contribution in [3.8, 4) is 0 Å². The molecule has 4 heteroatoms. The van der Waals surface area contributed by atoms with E-state index >= 15 is 0 Å². The highest BCUT2D eigenvalue weighted by Gasteiger charge is 2.32. The molecule has 1 fully saturated rings. The number of carbonyl (C=O) groups is 1. The van der Waals surface area contributed by atoms with Crippen molar-refractivity contribution >= 4 is 5.97 Å². The molecule has 0 aliphatic carbocycles. The molecular weight excluding hydrogens is 134 g/mol. The van der Waals surface area contributed by atoms with Crippen LogP contribution in [0.5, 0.6) is 0 Å². The van der Waals surface area contributed by atoms with E-state index in [-0.39, 0.29) is 5.92 Å². The summed E-state index contributed by atoms with van der Waals surface area (Å²) in [6.07, 6.45) is -0.141. The Morgan fingerprint density at radius 1 is 1.70 bits per heavy atom. The highest BCUT2D eigenvalue weighted by Crippen LogP contribution is 2.17. The highest BCUT2D eigenvalue weighted by atomic mass is 16.4. The van der Waals surface area contributed by atoms with Gasteiger partial charge in [0.05, 0.1) is 0 Å². The van der Waals surface area contributed by atoms with Crippen molar-refractivity contribution in [2.75, 3.05) is 0 Å². The van der Waals surface area contributed by atoms with Gasteiger partial charge in [-0.1, -0.05) is 6.92 Å². The van der Waals surface area contributed by atoms with Crippen LogP contribution >= 0.6 is 0 Å². The number of hydrogen-bond donors (Lipinski definition) is 3. The van der Waals surface area contributed by atoms with Gasteiger partial charge in [-0.15, -0.1) is 0 Å². The second-order valence-corrected chi connectivity index (χ2v) is 2.72. The largest absolute Gasteiger partial charge is 0.480 e. The quantitative estimate of drug-likeness (QED) is 0.460. The summed E-state index contributed by atoms with van der Waals surface area (Å²) in [6, 6.07) is -0.565. The number of aliphatic carboxylic acids is 1. The predicted octanol–water partition coefficient (Wildman–Crippen LogP) is -0.613. The maximum absolute atomic E-state index is 10.3. The van der Waals surface area contributed by atoms with Crippen molar-refractivity contribution in [3.63, 3.8) is 0 Å². The molecule has 0 aromatic heterocycles. The lowest BCUT2D eigenvalue weighted by molar-refractivity contribution is -0.139. The molecule has 2 unspecified atom stereocenters. The van der Waals surface area contributed by atoms with Gasteiger partial charge in [0.1, 0.15) is 12.3 Å². The van der Waals surface area contributed by atoms with Gasteiger partial charge in [-0.05, 0) is 12.3 Å². The molecule has 0 aromatic rings. The summed E-state index contributed by atoms with van der Waals surface area (Å²) in [5.74, 6) is -0.843. The third kappa shape index (κ3) is 1.27. The van der Waals surface area contributed by atoms with E-state index in [9.17, 15) is 4.79 Å². The number of hydrogen-bond acceptors (Lipinski definition) is 3. The zero-order chi connectivity index (χ0) is 7.72. The van der Waals surface area contributed by atoms with E-state index in [1.54, 1.807) is 0 Å². The van der Waals surface area contributed by atoms with Crippen LogP contribution < -0.4 is 5.32 Å². The molecule has 1 aliphatic heterocycles. The summed E-state index contributed by atoms with van der Waals surface area (Å²) >= 11 is 0. The molecule has 0 radical (unpaired) electrons. The van der Waals surface area contributed by atoms with E-state index in [0.29, 0.717) is 6.42 Å². The van der Waals surface area contributed by atoms with Crippen molar-refractivity contribution in [2.45, 2.75) is 25.6 Å². The first-order chi connectivity index (χ1) is 4.61. The average molecular weight is 145 g/mol. The molecule has 3 atom stereocenters. The molecule has 3 N–H and O–H groups in total. The third-order valence-corrected chi connectivity index (χ3v) is 1.82. The van der Waals surface area contributed by atoms with E-state index in [1.165, 1.54) is 0 Å². The first kappa shape index (κ1) is 7.50. The van der Waals surface area contributed by atoms with Crippen LogP contribution in [0.3, 0.4) is 0 Å². The molecule has 58 valence electrons. The number of nitrogens with one attached hydrogen (secondary N) is 1. The Balaban J connectivity index is 2.49. The van der Waals surface area contributed by atoms with Crippen LogP contribution in [0.15, 0.2) is 0 Å². The lowest BCUT2D eigenvalue weighted by atomic mass is 10.1. The van der Waals surface area contributed by atoms with E-state index in [4.69, 9.17) is 10.2 Å². The average Bonchev–Trinajstić information content (AvgIpc) is 2.13. The van der Waals surface area contributed by atoms with Gasteiger partial charge in [0.15, 0.2) is 0 Å².